The Morgan fingerprint density at radius 1 is 1.42 bits per heavy atom. The van der Waals surface area contributed by atoms with Gasteiger partial charge in [0.05, 0.1) is 11.7 Å². The Morgan fingerprint density at radius 2 is 2.19 bits per heavy atom. The first-order valence-electron chi connectivity index (χ1n) is 7.39. The lowest BCUT2D eigenvalue weighted by Crippen LogP contribution is -2.31. The number of hydrogen-bond donors (Lipinski definition) is 3. The van der Waals surface area contributed by atoms with Gasteiger partial charge in [-0.25, -0.2) is 9.78 Å². The topological polar surface area (TPSA) is 92.4 Å². The smallest absolute Gasteiger partial charge is 0.434 e. The average molecular weight is 386 g/mol. The Morgan fingerprint density at radius 3 is 2.88 bits per heavy atom. The van der Waals surface area contributed by atoms with E-state index in [9.17, 15) is 22.8 Å². The highest BCUT2D eigenvalue weighted by Crippen LogP contribution is 2.32. The van der Waals surface area contributed by atoms with Crippen molar-refractivity contribution in [1.29, 1.82) is 0 Å². The summed E-state index contributed by atoms with van der Waals surface area (Å²) in [5.41, 5.74) is 0.110. The number of nitrogens with one attached hydrogen (secondary N) is 3. The van der Waals surface area contributed by atoms with Crippen LogP contribution in [-0.2, 0) is 11.0 Å². The molecule has 1 aromatic heterocycles. The molecule has 0 radical (unpaired) electrons. The monoisotopic (exact) mass is 386 g/mol. The molecular formula is C15H13F3N4O3S. The number of carbonyl (C=O) groups is 2. The van der Waals surface area contributed by atoms with Gasteiger partial charge in [0, 0.05) is 5.38 Å². The summed E-state index contributed by atoms with van der Waals surface area (Å²) >= 11 is 0.679. The molecule has 3 rings (SSSR count). The lowest BCUT2D eigenvalue weighted by molar-refractivity contribution is -0.140. The summed E-state index contributed by atoms with van der Waals surface area (Å²) in [6.45, 7) is 1.63. The molecule has 2 heterocycles. The van der Waals surface area contributed by atoms with Crippen LogP contribution in [0.15, 0.2) is 23.6 Å². The number of amides is 3. The summed E-state index contributed by atoms with van der Waals surface area (Å²) in [6.07, 6.45) is -4.56. The molecule has 0 bridgehead atoms. The number of anilines is 2. The molecule has 3 amide bonds. The Kier molecular flexibility index (Phi) is 4.72. The minimum Gasteiger partial charge on any atom is -0.482 e. The van der Waals surface area contributed by atoms with Gasteiger partial charge >= 0.3 is 12.2 Å². The normalized spacial score (nSPS) is 14.7. The zero-order chi connectivity index (χ0) is 18.9. The molecule has 11 heteroatoms. The molecule has 0 saturated heterocycles. The minimum atomic E-state index is -4.56. The molecule has 3 N–H and O–H groups in total. The highest BCUT2D eigenvalue weighted by Gasteiger charge is 2.34. The van der Waals surface area contributed by atoms with Crippen LogP contribution >= 0.6 is 11.3 Å². The van der Waals surface area contributed by atoms with E-state index in [1.54, 1.807) is 25.1 Å². The SMILES string of the molecule is CC(NC(=O)Nc1nc(C(F)(F)F)cs1)c1ccc2c(c1)NC(=O)CO2. The van der Waals surface area contributed by atoms with Gasteiger partial charge in [0.1, 0.15) is 5.75 Å². The number of halogens is 3. The van der Waals surface area contributed by atoms with Crippen LogP contribution < -0.4 is 20.7 Å². The first kappa shape index (κ1) is 18.0. The fourth-order valence-corrected chi connectivity index (χ4v) is 2.96. The number of ether oxygens (including phenoxy) is 1. The van der Waals surface area contributed by atoms with Gasteiger partial charge in [-0.3, -0.25) is 10.1 Å². The second-order valence-electron chi connectivity index (χ2n) is 5.45. The van der Waals surface area contributed by atoms with Gasteiger partial charge in [0.25, 0.3) is 5.91 Å². The van der Waals surface area contributed by atoms with Crippen molar-refractivity contribution in [1.82, 2.24) is 10.3 Å². The second-order valence-corrected chi connectivity index (χ2v) is 6.31. The highest BCUT2D eigenvalue weighted by atomic mass is 32.1. The highest BCUT2D eigenvalue weighted by molar-refractivity contribution is 7.13. The van der Waals surface area contributed by atoms with Gasteiger partial charge in [0.2, 0.25) is 0 Å². The lowest BCUT2D eigenvalue weighted by atomic mass is 10.1. The van der Waals surface area contributed by atoms with Crippen molar-refractivity contribution >= 4 is 34.1 Å². The third kappa shape index (κ3) is 4.04. The number of nitrogens with zero attached hydrogens (tertiary/aromatic N) is 1. The van der Waals surface area contributed by atoms with Gasteiger partial charge in [0.15, 0.2) is 17.4 Å². The first-order valence-corrected chi connectivity index (χ1v) is 8.27. The number of aromatic nitrogens is 1. The number of hydrogen-bond acceptors (Lipinski definition) is 5. The van der Waals surface area contributed by atoms with Gasteiger partial charge in [-0.2, -0.15) is 13.2 Å². The van der Waals surface area contributed by atoms with Crippen LogP contribution in [-0.4, -0.2) is 23.5 Å². The predicted molar refractivity (Wildman–Crippen MR) is 88.3 cm³/mol. The van der Waals surface area contributed by atoms with Crippen LogP contribution in [0.3, 0.4) is 0 Å². The van der Waals surface area contributed by atoms with Gasteiger partial charge in [-0.1, -0.05) is 6.07 Å². The third-order valence-corrected chi connectivity index (χ3v) is 4.26. The molecule has 0 fully saturated rings. The van der Waals surface area contributed by atoms with Crippen LogP contribution in [0, 0.1) is 0 Å². The Balaban J connectivity index is 1.63. The number of benzene rings is 1. The number of urea groups is 1. The molecule has 0 aliphatic carbocycles. The molecule has 2 aromatic rings. The summed E-state index contributed by atoms with van der Waals surface area (Å²) in [5, 5.41) is 8.18. The Bertz CT molecular complexity index is 853. The van der Waals surface area contributed by atoms with E-state index in [-0.39, 0.29) is 17.6 Å². The maximum Gasteiger partial charge on any atom is 0.434 e. The number of rotatable bonds is 3. The largest absolute Gasteiger partial charge is 0.482 e. The molecule has 0 spiro atoms. The van der Waals surface area contributed by atoms with Crippen LogP contribution in [0.4, 0.5) is 28.8 Å². The Hall–Kier alpha value is -2.82. The number of carbonyl (C=O) groups excluding carboxylic acids is 2. The molecule has 1 atom stereocenters. The maximum absolute atomic E-state index is 12.5. The molecule has 138 valence electrons. The molecule has 1 unspecified atom stereocenters. The van der Waals surface area contributed by atoms with E-state index in [2.05, 4.69) is 20.9 Å². The molecule has 1 aliphatic heterocycles. The second kappa shape index (κ2) is 6.83. The van der Waals surface area contributed by atoms with Gasteiger partial charge in [-0.05, 0) is 24.6 Å². The molecule has 0 saturated carbocycles. The van der Waals surface area contributed by atoms with Crippen molar-refractivity contribution < 1.29 is 27.5 Å². The number of thiazole rings is 1. The molecule has 7 nitrogen and oxygen atoms in total. The van der Waals surface area contributed by atoms with E-state index < -0.39 is 23.9 Å². The molecule has 26 heavy (non-hydrogen) atoms. The summed E-state index contributed by atoms with van der Waals surface area (Å²) in [5.74, 6) is 0.240. The predicted octanol–water partition coefficient (Wildman–Crippen LogP) is 3.38. The fourth-order valence-electron chi connectivity index (χ4n) is 2.24. The van der Waals surface area contributed by atoms with Gasteiger partial charge < -0.3 is 15.4 Å². The summed E-state index contributed by atoms with van der Waals surface area (Å²) in [6, 6.07) is 3.87. The lowest BCUT2D eigenvalue weighted by Gasteiger charge is -2.20. The fraction of sp³-hybridized carbons (Fsp3) is 0.267. The van der Waals surface area contributed by atoms with E-state index in [1.165, 1.54) is 0 Å². The van der Waals surface area contributed by atoms with Crippen LogP contribution in [0.1, 0.15) is 24.2 Å². The van der Waals surface area contributed by atoms with E-state index >= 15 is 0 Å². The van der Waals surface area contributed by atoms with Crippen LogP contribution in [0.25, 0.3) is 0 Å². The molecule has 1 aliphatic rings. The first-order chi connectivity index (χ1) is 12.2. The zero-order valence-corrected chi connectivity index (χ0v) is 14.1. The minimum absolute atomic E-state index is 0.0592. The van der Waals surface area contributed by atoms with Crippen molar-refractivity contribution in [2.45, 2.75) is 19.1 Å². The number of alkyl halides is 3. The summed E-state index contributed by atoms with van der Waals surface area (Å²) in [4.78, 5) is 26.6. The van der Waals surface area contributed by atoms with E-state index in [1.807, 2.05) is 0 Å². The maximum atomic E-state index is 12.5. The van der Waals surface area contributed by atoms with Crippen molar-refractivity contribution in [3.63, 3.8) is 0 Å². The number of fused-ring (bicyclic) bond motifs is 1. The van der Waals surface area contributed by atoms with E-state index in [4.69, 9.17) is 4.74 Å². The van der Waals surface area contributed by atoms with Crippen molar-refractivity contribution in [3.05, 3.63) is 34.8 Å². The van der Waals surface area contributed by atoms with Crippen LogP contribution in [0.2, 0.25) is 0 Å². The quantitative estimate of drug-likeness (QED) is 0.754. The third-order valence-electron chi connectivity index (χ3n) is 3.50. The van der Waals surface area contributed by atoms with Gasteiger partial charge in [-0.15, -0.1) is 11.3 Å². The van der Waals surface area contributed by atoms with E-state index in [0.29, 0.717) is 28.3 Å². The summed E-state index contributed by atoms with van der Waals surface area (Å²) in [7, 11) is 0. The molecular weight excluding hydrogens is 373 g/mol. The van der Waals surface area contributed by atoms with Crippen molar-refractivity contribution in [2.75, 3.05) is 17.2 Å². The van der Waals surface area contributed by atoms with E-state index in [0.717, 1.165) is 5.38 Å². The van der Waals surface area contributed by atoms with Crippen LogP contribution in [0.5, 0.6) is 5.75 Å². The zero-order valence-electron chi connectivity index (χ0n) is 13.3. The van der Waals surface area contributed by atoms with Crippen molar-refractivity contribution in [3.8, 4) is 5.75 Å². The standard InChI is InChI=1S/C15H13F3N4O3S/c1-7(8-2-3-10-9(4-8)20-12(23)5-25-10)19-13(24)22-14-21-11(6-26-14)15(16,17)18/h2-4,6-7H,5H2,1H3,(H,20,23)(H2,19,21,22,24). The van der Waals surface area contributed by atoms with Crippen molar-refractivity contribution in [2.24, 2.45) is 0 Å². The Labute approximate surface area is 149 Å². The average Bonchev–Trinajstić information content (AvgIpc) is 3.02. The summed E-state index contributed by atoms with van der Waals surface area (Å²) < 4.78 is 42.8. The molecule has 1 aromatic carbocycles.